The summed E-state index contributed by atoms with van der Waals surface area (Å²) in [5.41, 5.74) is 3.51. The van der Waals surface area contributed by atoms with Gasteiger partial charge >= 0.3 is 0 Å². The van der Waals surface area contributed by atoms with Crippen molar-refractivity contribution in [3.05, 3.63) is 22.8 Å². The summed E-state index contributed by atoms with van der Waals surface area (Å²) in [6, 6.07) is 0. The summed E-state index contributed by atoms with van der Waals surface area (Å²) in [7, 11) is 0. The predicted octanol–water partition coefficient (Wildman–Crippen LogP) is 2.14. The molecule has 0 saturated heterocycles. The van der Waals surface area contributed by atoms with Crippen molar-refractivity contribution >= 4 is 29.1 Å². The molecule has 92 valence electrons. The fraction of sp³-hybridized carbons (Fsp3) is 0.417. The molecular weight excluding hydrogens is 234 g/mol. The number of hydrogen-bond donors (Lipinski definition) is 2. The molecule has 0 aromatic rings. The van der Waals surface area contributed by atoms with Crippen LogP contribution in [0, 0.1) is 5.41 Å². The highest BCUT2D eigenvalue weighted by atomic mass is 32.2. The molecule has 17 heavy (non-hydrogen) atoms. The monoisotopic (exact) mass is 251 g/mol. The number of carbonyl (C=O) groups excluding carboxylic acids is 1. The number of nitrogens with one attached hydrogen (secondary N) is 2. The van der Waals surface area contributed by atoms with E-state index in [0.717, 1.165) is 5.57 Å². The molecule has 1 aliphatic heterocycles. The number of amides is 1. The number of thioether (sulfide) groups is 1. The molecule has 5 heteroatoms. The van der Waals surface area contributed by atoms with E-state index in [2.05, 4.69) is 23.3 Å². The van der Waals surface area contributed by atoms with Gasteiger partial charge in [0.25, 0.3) is 0 Å². The fourth-order valence-electron chi connectivity index (χ4n) is 1.46. The highest BCUT2D eigenvalue weighted by Gasteiger charge is 2.09. The van der Waals surface area contributed by atoms with Crippen LogP contribution in [0.2, 0.25) is 0 Å². The minimum Gasteiger partial charge on any atom is -0.306 e. The quantitative estimate of drug-likeness (QED) is 0.583. The Morgan fingerprint density at radius 1 is 1.59 bits per heavy atom. The van der Waals surface area contributed by atoms with Gasteiger partial charge in [-0.1, -0.05) is 17.8 Å². The molecule has 0 saturated carbocycles. The van der Waals surface area contributed by atoms with Gasteiger partial charge in [0.2, 0.25) is 5.91 Å². The van der Waals surface area contributed by atoms with E-state index in [1.807, 2.05) is 13.1 Å². The average Bonchev–Trinajstić information content (AvgIpc) is 2.37. The highest BCUT2D eigenvalue weighted by molar-refractivity contribution is 8.13. The average molecular weight is 251 g/mol. The van der Waals surface area contributed by atoms with Crippen LogP contribution in [0.15, 0.2) is 27.8 Å². The van der Waals surface area contributed by atoms with E-state index in [9.17, 15) is 4.79 Å². The molecule has 0 bridgehead atoms. The van der Waals surface area contributed by atoms with Gasteiger partial charge in [-0.2, -0.15) is 0 Å². The molecule has 0 aromatic carbocycles. The van der Waals surface area contributed by atoms with E-state index >= 15 is 0 Å². The van der Waals surface area contributed by atoms with Crippen LogP contribution in [0.4, 0.5) is 0 Å². The Kier molecular flexibility index (Phi) is 5.15. The minimum absolute atomic E-state index is 0.187. The molecular formula is C12H17N3OS. The van der Waals surface area contributed by atoms with E-state index in [0.29, 0.717) is 12.3 Å². The topological polar surface area (TPSA) is 65.3 Å². The smallest absolute Gasteiger partial charge is 0.222 e. The first-order valence-electron chi connectivity index (χ1n) is 5.36. The fourth-order valence-corrected chi connectivity index (χ4v) is 2.42. The van der Waals surface area contributed by atoms with E-state index < -0.39 is 0 Å². The third-order valence-corrected chi connectivity index (χ3v) is 3.21. The van der Waals surface area contributed by atoms with Gasteiger partial charge in [0.1, 0.15) is 0 Å². The van der Waals surface area contributed by atoms with Gasteiger partial charge in [0.15, 0.2) is 5.17 Å². The molecule has 0 unspecified atom stereocenters. The number of rotatable bonds is 2. The lowest BCUT2D eigenvalue weighted by molar-refractivity contribution is -0.117. The lowest BCUT2D eigenvalue weighted by Crippen LogP contribution is -2.25. The maximum Gasteiger partial charge on any atom is 0.222 e. The van der Waals surface area contributed by atoms with Crippen LogP contribution in [-0.4, -0.2) is 29.6 Å². The van der Waals surface area contributed by atoms with Crippen LogP contribution in [0.3, 0.4) is 0 Å². The number of carbonyl (C=O) groups is 1. The predicted molar refractivity (Wildman–Crippen MR) is 73.8 cm³/mol. The Labute approximate surface area is 106 Å². The van der Waals surface area contributed by atoms with Crippen molar-refractivity contribution in [2.45, 2.75) is 20.8 Å². The van der Waals surface area contributed by atoms with Gasteiger partial charge in [-0.15, -0.1) is 0 Å². The summed E-state index contributed by atoms with van der Waals surface area (Å²) in [5.74, 6) is 0.474. The molecule has 0 aliphatic carbocycles. The Morgan fingerprint density at radius 2 is 2.29 bits per heavy atom. The van der Waals surface area contributed by atoms with Crippen LogP contribution < -0.4 is 5.32 Å². The third kappa shape index (κ3) is 4.56. The molecule has 0 aromatic heterocycles. The summed E-state index contributed by atoms with van der Waals surface area (Å²) < 4.78 is 0. The summed E-state index contributed by atoms with van der Waals surface area (Å²) in [4.78, 5) is 15.0. The Bertz CT molecular complexity index is 421. The molecule has 0 fully saturated rings. The second-order valence-corrected chi connectivity index (χ2v) is 4.83. The minimum atomic E-state index is -0.206. The van der Waals surface area contributed by atoms with Crippen molar-refractivity contribution in [3.63, 3.8) is 0 Å². The number of hydrogen-bond acceptors (Lipinski definition) is 4. The molecule has 1 rings (SSSR count). The Hall–Kier alpha value is -1.36. The molecule has 1 heterocycles. The van der Waals surface area contributed by atoms with Gasteiger partial charge < -0.3 is 5.32 Å². The second kappa shape index (κ2) is 6.39. The molecule has 0 atom stereocenters. The van der Waals surface area contributed by atoms with Crippen molar-refractivity contribution in [3.8, 4) is 0 Å². The maximum absolute atomic E-state index is 10.8. The molecule has 1 amide bonds. The SMILES string of the molecule is CC(=O)NC(=N)SCC1=C(C)C=NCC=C1C. The van der Waals surface area contributed by atoms with Gasteiger partial charge in [-0.05, 0) is 30.6 Å². The van der Waals surface area contributed by atoms with Gasteiger partial charge in [-0.3, -0.25) is 15.2 Å². The zero-order chi connectivity index (χ0) is 12.8. The molecule has 2 N–H and O–H groups in total. The zero-order valence-corrected chi connectivity index (χ0v) is 11.1. The summed E-state index contributed by atoms with van der Waals surface area (Å²) in [6.07, 6.45) is 3.94. The first kappa shape index (κ1) is 13.7. The van der Waals surface area contributed by atoms with Gasteiger partial charge in [0, 0.05) is 18.9 Å². The summed E-state index contributed by atoms with van der Waals surface area (Å²) >= 11 is 1.32. The van der Waals surface area contributed by atoms with Crippen molar-refractivity contribution in [1.82, 2.24) is 5.32 Å². The second-order valence-electron chi connectivity index (χ2n) is 3.84. The lowest BCUT2D eigenvalue weighted by Gasteiger charge is -2.10. The standard InChI is InChI=1S/C12H17N3OS/c1-8-4-5-14-6-9(2)11(8)7-17-12(13)15-10(3)16/h4,6H,5,7H2,1-3H3,(H2,13,15,16). The Morgan fingerprint density at radius 3 is 2.94 bits per heavy atom. The summed E-state index contributed by atoms with van der Waals surface area (Å²) in [5, 5.41) is 10.2. The largest absolute Gasteiger partial charge is 0.306 e. The Balaban J connectivity index is 2.64. The molecule has 1 aliphatic rings. The third-order valence-electron chi connectivity index (χ3n) is 2.39. The van der Waals surface area contributed by atoms with Crippen LogP contribution in [0.5, 0.6) is 0 Å². The summed E-state index contributed by atoms with van der Waals surface area (Å²) in [6.45, 7) is 6.18. The normalized spacial score (nSPS) is 15.4. The van der Waals surface area contributed by atoms with Gasteiger partial charge in [0.05, 0.1) is 6.54 Å². The van der Waals surface area contributed by atoms with Crippen molar-refractivity contribution in [2.24, 2.45) is 4.99 Å². The van der Waals surface area contributed by atoms with Crippen molar-refractivity contribution in [1.29, 1.82) is 5.41 Å². The van der Waals surface area contributed by atoms with Gasteiger partial charge in [-0.25, -0.2) is 0 Å². The number of allylic oxidation sites excluding steroid dienone is 2. The number of amidine groups is 1. The van der Waals surface area contributed by atoms with Crippen LogP contribution in [-0.2, 0) is 4.79 Å². The van der Waals surface area contributed by atoms with E-state index in [1.165, 1.54) is 29.8 Å². The first-order chi connectivity index (χ1) is 8.00. The van der Waals surface area contributed by atoms with Crippen LogP contribution in [0.1, 0.15) is 20.8 Å². The highest BCUT2D eigenvalue weighted by Crippen LogP contribution is 2.20. The van der Waals surface area contributed by atoms with Crippen LogP contribution >= 0.6 is 11.8 Å². The molecule has 4 nitrogen and oxygen atoms in total. The zero-order valence-electron chi connectivity index (χ0n) is 10.3. The first-order valence-corrected chi connectivity index (χ1v) is 6.35. The van der Waals surface area contributed by atoms with Crippen LogP contribution in [0.25, 0.3) is 0 Å². The van der Waals surface area contributed by atoms with E-state index in [4.69, 9.17) is 5.41 Å². The van der Waals surface area contributed by atoms with Crippen molar-refractivity contribution < 1.29 is 4.79 Å². The van der Waals surface area contributed by atoms with Crippen molar-refractivity contribution in [2.75, 3.05) is 12.3 Å². The number of nitrogens with zero attached hydrogens (tertiary/aromatic N) is 1. The van der Waals surface area contributed by atoms with E-state index in [-0.39, 0.29) is 11.1 Å². The number of aliphatic imine (C=N–C) groups is 1. The molecule has 0 radical (unpaired) electrons. The lowest BCUT2D eigenvalue weighted by atomic mass is 10.1. The molecule has 0 spiro atoms. The van der Waals surface area contributed by atoms with E-state index in [1.54, 1.807) is 0 Å². The maximum atomic E-state index is 10.8.